The monoisotopic (exact) mass is 415 g/mol. The van der Waals surface area contributed by atoms with Gasteiger partial charge in [-0.25, -0.2) is 0 Å². The van der Waals surface area contributed by atoms with Crippen molar-refractivity contribution in [2.24, 2.45) is 5.41 Å². The fraction of sp³-hybridized carbons (Fsp3) is 0.179. The van der Waals surface area contributed by atoms with Crippen molar-refractivity contribution in [1.29, 1.82) is 10.5 Å². The third-order valence-electron chi connectivity index (χ3n) is 6.71. The van der Waals surface area contributed by atoms with Crippen LogP contribution < -0.4 is 0 Å². The van der Waals surface area contributed by atoms with E-state index in [1.807, 2.05) is 103 Å². The normalized spacial score (nSPS) is 22.3. The quantitative estimate of drug-likeness (QED) is 0.537. The molecule has 5 rings (SSSR count). The van der Waals surface area contributed by atoms with Crippen molar-refractivity contribution in [2.45, 2.75) is 24.9 Å². The Morgan fingerprint density at radius 3 is 2.25 bits per heavy atom. The molecule has 154 valence electrons. The van der Waals surface area contributed by atoms with Crippen molar-refractivity contribution < 1.29 is 4.79 Å². The summed E-state index contributed by atoms with van der Waals surface area (Å²) >= 11 is 0. The first-order valence-electron chi connectivity index (χ1n) is 10.6. The summed E-state index contributed by atoms with van der Waals surface area (Å²) in [5, 5.41) is 21.0. The number of ketones is 1. The lowest BCUT2D eigenvalue weighted by Crippen LogP contribution is -2.37. The Balaban J connectivity index is 1.76. The molecule has 3 atom stereocenters. The van der Waals surface area contributed by atoms with Crippen LogP contribution in [0.3, 0.4) is 0 Å². The average molecular weight is 415 g/mol. The summed E-state index contributed by atoms with van der Waals surface area (Å²) in [5.41, 5.74) is 2.92. The number of rotatable bonds is 3. The van der Waals surface area contributed by atoms with E-state index in [1.54, 1.807) is 0 Å². The predicted octanol–water partition coefficient (Wildman–Crippen LogP) is 5.40. The van der Waals surface area contributed by atoms with Crippen molar-refractivity contribution in [3.05, 3.63) is 113 Å². The van der Waals surface area contributed by atoms with Gasteiger partial charge in [0.15, 0.2) is 11.2 Å². The summed E-state index contributed by atoms with van der Waals surface area (Å²) < 4.78 is 0. The highest BCUT2D eigenvalue weighted by Gasteiger charge is 2.63. The molecule has 3 aromatic rings. The zero-order chi connectivity index (χ0) is 22.3. The van der Waals surface area contributed by atoms with E-state index in [2.05, 4.69) is 12.1 Å². The maximum atomic E-state index is 13.9. The van der Waals surface area contributed by atoms with Crippen LogP contribution in [0.5, 0.6) is 0 Å². The summed E-state index contributed by atoms with van der Waals surface area (Å²) in [6.07, 6.45) is 3.85. The number of nitrogens with zero attached hydrogens (tertiary/aromatic N) is 3. The Hall–Kier alpha value is -4.15. The highest BCUT2D eigenvalue weighted by Crippen LogP contribution is 2.59. The number of nitriles is 2. The zero-order valence-electron chi connectivity index (χ0n) is 17.6. The topological polar surface area (TPSA) is 67.9 Å². The number of Topliss-reactive ketones (excluding diaryl/α,β-unsaturated/α-hetero) is 1. The molecule has 2 aliphatic heterocycles. The van der Waals surface area contributed by atoms with Gasteiger partial charge in [-0.2, -0.15) is 10.5 Å². The minimum absolute atomic E-state index is 0.0831. The van der Waals surface area contributed by atoms with Crippen LogP contribution in [0, 0.1) is 35.0 Å². The first kappa shape index (κ1) is 19.8. The molecule has 3 aromatic carbocycles. The maximum Gasteiger partial charge on any atom is 0.185 e. The van der Waals surface area contributed by atoms with Gasteiger partial charge in [-0.1, -0.05) is 84.4 Å². The van der Waals surface area contributed by atoms with Crippen molar-refractivity contribution in [3.8, 4) is 12.1 Å². The van der Waals surface area contributed by atoms with Crippen molar-refractivity contribution in [2.75, 3.05) is 0 Å². The van der Waals surface area contributed by atoms with Crippen LogP contribution in [-0.2, 0) is 0 Å². The molecular weight excluding hydrogens is 394 g/mol. The van der Waals surface area contributed by atoms with Gasteiger partial charge in [0.2, 0.25) is 0 Å². The number of fused-ring (bicyclic) bond motifs is 3. The second-order valence-electron chi connectivity index (χ2n) is 8.45. The highest BCUT2D eigenvalue weighted by molar-refractivity contribution is 6.01. The van der Waals surface area contributed by atoms with Gasteiger partial charge in [0.1, 0.15) is 6.04 Å². The van der Waals surface area contributed by atoms with E-state index in [-0.39, 0.29) is 5.78 Å². The fourth-order valence-electron chi connectivity index (χ4n) is 5.22. The van der Waals surface area contributed by atoms with Crippen molar-refractivity contribution in [1.82, 2.24) is 4.90 Å². The molecule has 0 N–H and O–H groups in total. The second-order valence-corrected chi connectivity index (χ2v) is 8.45. The summed E-state index contributed by atoms with van der Waals surface area (Å²) in [7, 11) is 0. The molecule has 0 saturated carbocycles. The number of hydrogen-bond acceptors (Lipinski definition) is 4. The van der Waals surface area contributed by atoms with Crippen LogP contribution >= 0.6 is 0 Å². The van der Waals surface area contributed by atoms with E-state index < -0.39 is 23.4 Å². The Kier molecular flexibility index (Phi) is 4.65. The third kappa shape index (κ3) is 2.77. The Labute approximate surface area is 187 Å². The van der Waals surface area contributed by atoms with Crippen molar-refractivity contribution in [3.63, 3.8) is 0 Å². The molecule has 0 aliphatic carbocycles. The fourth-order valence-corrected chi connectivity index (χ4v) is 5.22. The van der Waals surface area contributed by atoms with Crippen LogP contribution in [0.25, 0.3) is 6.08 Å². The molecule has 1 saturated heterocycles. The number of benzene rings is 3. The molecule has 1 fully saturated rings. The second kappa shape index (κ2) is 7.52. The van der Waals surface area contributed by atoms with Gasteiger partial charge < -0.3 is 4.90 Å². The molecule has 4 nitrogen and oxygen atoms in total. The van der Waals surface area contributed by atoms with Crippen LogP contribution in [0.15, 0.2) is 85.1 Å². The molecule has 4 heteroatoms. The predicted molar refractivity (Wildman–Crippen MR) is 122 cm³/mol. The van der Waals surface area contributed by atoms with E-state index in [0.717, 1.165) is 22.3 Å². The Morgan fingerprint density at radius 2 is 1.56 bits per heavy atom. The molecule has 32 heavy (non-hydrogen) atoms. The maximum absolute atomic E-state index is 13.9. The number of hydrogen-bond donors (Lipinski definition) is 0. The minimum Gasteiger partial charge on any atom is -0.357 e. The van der Waals surface area contributed by atoms with Crippen LogP contribution in [0.2, 0.25) is 0 Å². The molecule has 0 spiro atoms. The largest absolute Gasteiger partial charge is 0.357 e. The zero-order valence-corrected chi connectivity index (χ0v) is 17.6. The SMILES string of the molecule is Cc1ccc(C(=O)[C@@H]2[C@H](c3ccccc3)C(C#N)(C#N)[C@@H]3c4ccccc4C=CN23)cc1. The standard InChI is InChI=1S/C28H21N3O/c1-19-11-13-22(14-12-19)26(32)25-24(21-8-3-2-4-9-21)28(17-29,18-30)27-23-10-6-5-7-20(23)15-16-31(25)27/h2-16,24-25,27H,1H3/t24-,25-,27-/m0/s1. The lowest BCUT2D eigenvalue weighted by atomic mass is 9.67. The Morgan fingerprint density at radius 1 is 0.906 bits per heavy atom. The lowest BCUT2D eigenvalue weighted by molar-refractivity contribution is 0.0874. The molecule has 2 heterocycles. The first-order valence-corrected chi connectivity index (χ1v) is 10.6. The molecule has 0 bridgehead atoms. The summed E-state index contributed by atoms with van der Waals surface area (Å²) in [4.78, 5) is 15.9. The van der Waals surface area contributed by atoms with Crippen LogP contribution in [0.1, 0.15) is 44.6 Å². The highest BCUT2D eigenvalue weighted by atomic mass is 16.1. The molecule has 0 aromatic heterocycles. The van der Waals surface area contributed by atoms with Gasteiger partial charge in [-0.05, 0) is 29.7 Å². The molecular formula is C28H21N3O. The number of aryl methyl sites for hydroxylation is 1. The van der Waals surface area contributed by atoms with Crippen molar-refractivity contribution >= 4 is 11.9 Å². The van der Waals surface area contributed by atoms with E-state index in [4.69, 9.17) is 0 Å². The minimum atomic E-state index is -1.42. The van der Waals surface area contributed by atoms with Gasteiger partial charge in [0.05, 0.1) is 18.2 Å². The van der Waals surface area contributed by atoms with Gasteiger partial charge in [-0.15, -0.1) is 0 Å². The third-order valence-corrected chi connectivity index (χ3v) is 6.71. The smallest absolute Gasteiger partial charge is 0.185 e. The molecule has 0 amide bonds. The molecule has 0 radical (unpaired) electrons. The number of carbonyl (C=O) groups excluding carboxylic acids is 1. The molecule has 0 unspecified atom stereocenters. The van der Waals surface area contributed by atoms with Gasteiger partial charge in [-0.3, -0.25) is 4.79 Å². The van der Waals surface area contributed by atoms with E-state index in [0.29, 0.717) is 5.56 Å². The van der Waals surface area contributed by atoms with Gasteiger partial charge in [0.25, 0.3) is 0 Å². The van der Waals surface area contributed by atoms with Gasteiger partial charge in [0, 0.05) is 17.7 Å². The number of carbonyl (C=O) groups is 1. The van der Waals surface area contributed by atoms with Gasteiger partial charge >= 0.3 is 0 Å². The summed E-state index contributed by atoms with van der Waals surface area (Å²) in [6, 6.07) is 28.3. The lowest BCUT2D eigenvalue weighted by Gasteiger charge is -2.34. The first-order chi connectivity index (χ1) is 15.6. The van der Waals surface area contributed by atoms with E-state index in [1.165, 1.54) is 0 Å². The van der Waals surface area contributed by atoms with E-state index >= 15 is 0 Å². The van der Waals surface area contributed by atoms with Crippen LogP contribution in [-0.4, -0.2) is 16.7 Å². The average Bonchev–Trinajstić information content (AvgIpc) is 3.15. The Bertz CT molecular complexity index is 1280. The van der Waals surface area contributed by atoms with Crippen LogP contribution in [0.4, 0.5) is 0 Å². The molecule has 2 aliphatic rings. The van der Waals surface area contributed by atoms with E-state index in [9.17, 15) is 15.3 Å². The summed E-state index contributed by atoms with van der Waals surface area (Å²) in [5.74, 6) is -0.687. The summed E-state index contributed by atoms with van der Waals surface area (Å²) in [6.45, 7) is 1.98.